The molecule has 0 aliphatic heterocycles. The van der Waals surface area contributed by atoms with Gasteiger partial charge in [0.1, 0.15) is 18.4 Å². The Morgan fingerprint density at radius 1 is 0.971 bits per heavy atom. The van der Waals surface area contributed by atoms with Crippen LogP contribution >= 0.6 is 0 Å². The zero-order chi connectivity index (χ0) is 24.4. The van der Waals surface area contributed by atoms with E-state index in [1.165, 1.54) is 12.1 Å². The summed E-state index contributed by atoms with van der Waals surface area (Å²) in [7, 11) is 0. The van der Waals surface area contributed by atoms with Crippen LogP contribution in [0.5, 0.6) is 0 Å². The second-order valence-corrected chi connectivity index (χ2v) is 8.93. The van der Waals surface area contributed by atoms with Crippen LogP contribution in [0.1, 0.15) is 52.6 Å². The van der Waals surface area contributed by atoms with E-state index in [1.54, 1.807) is 0 Å². The predicted octanol–water partition coefficient (Wildman–Crippen LogP) is 4.30. The number of carbonyl (C=O) groups is 3. The van der Waals surface area contributed by atoms with E-state index in [4.69, 9.17) is 14.3 Å². The van der Waals surface area contributed by atoms with E-state index in [9.17, 15) is 14.4 Å². The molecule has 0 radical (unpaired) electrons. The lowest BCUT2D eigenvalue weighted by atomic mass is 9.79. The summed E-state index contributed by atoms with van der Waals surface area (Å²) in [4.78, 5) is 36.6. The first-order valence-corrected chi connectivity index (χ1v) is 11.7. The number of benzene rings is 2. The number of carbonyl (C=O) groups excluding carboxylic acids is 2. The number of alkyl carbamates (subject to hydrolysis) is 1. The van der Waals surface area contributed by atoms with Gasteiger partial charge in [0.25, 0.3) is 0 Å². The van der Waals surface area contributed by atoms with Crippen molar-refractivity contribution >= 4 is 18.0 Å². The van der Waals surface area contributed by atoms with Crippen LogP contribution in [0.3, 0.4) is 0 Å². The highest BCUT2D eigenvalue weighted by molar-refractivity contribution is 5.86. The second kappa shape index (κ2) is 9.66. The van der Waals surface area contributed by atoms with Crippen LogP contribution < -0.4 is 10.6 Å². The molecule has 5 rings (SSSR count). The summed E-state index contributed by atoms with van der Waals surface area (Å²) in [5.74, 6) is -1.43. The van der Waals surface area contributed by atoms with Crippen molar-refractivity contribution in [1.29, 1.82) is 0 Å². The Labute approximate surface area is 202 Å². The van der Waals surface area contributed by atoms with E-state index in [-0.39, 0.29) is 36.7 Å². The first-order chi connectivity index (χ1) is 17.0. The lowest BCUT2D eigenvalue weighted by Gasteiger charge is -2.33. The maximum Gasteiger partial charge on any atom is 0.407 e. The molecule has 8 nitrogen and oxygen atoms in total. The molecule has 0 saturated heterocycles. The van der Waals surface area contributed by atoms with Gasteiger partial charge in [0.15, 0.2) is 0 Å². The summed E-state index contributed by atoms with van der Waals surface area (Å²) in [6, 6.07) is 18.3. The molecule has 1 atom stereocenters. The van der Waals surface area contributed by atoms with Gasteiger partial charge in [-0.15, -0.1) is 0 Å². The van der Waals surface area contributed by atoms with E-state index in [0.29, 0.717) is 5.76 Å². The molecular weight excluding hydrogens is 448 g/mol. The van der Waals surface area contributed by atoms with Crippen molar-refractivity contribution in [2.24, 2.45) is 5.92 Å². The minimum Gasteiger partial charge on any atom is -0.475 e. The minimum absolute atomic E-state index is 0.0293. The van der Waals surface area contributed by atoms with Crippen LogP contribution in [0.15, 0.2) is 65.1 Å². The zero-order valence-corrected chi connectivity index (χ0v) is 19.0. The summed E-state index contributed by atoms with van der Waals surface area (Å²) in [5, 5.41) is 14.5. The van der Waals surface area contributed by atoms with E-state index in [0.717, 1.165) is 41.5 Å². The average Bonchev–Trinajstić information content (AvgIpc) is 3.43. The molecule has 2 aliphatic carbocycles. The fourth-order valence-corrected chi connectivity index (χ4v) is 4.81. The topological polar surface area (TPSA) is 118 Å². The molecule has 8 heteroatoms. The second-order valence-electron chi connectivity index (χ2n) is 8.93. The summed E-state index contributed by atoms with van der Waals surface area (Å²) in [5.41, 5.74) is 4.53. The number of aromatic carboxylic acids is 1. The molecule has 2 aromatic carbocycles. The standard InChI is InChI=1S/C27H26N2O6/c30-25(28-14-17-12-13-23(35-17)26(31)32)24(16-6-5-7-16)29-27(33)34-15-22-20-10-3-1-8-18(20)19-9-2-4-11-21(19)22/h1-4,8-13,16,22,24H,5-7,14-15H2,(H,28,30)(H,29,33)(H,31,32). The SMILES string of the molecule is O=C(NC(C(=O)NCc1ccc(C(=O)O)o1)C1CCC1)OCC1c2ccccc2-c2ccccc21. The van der Waals surface area contributed by atoms with Gasteiger partial charge < -0.3 is 24.9 Å². The molecule has 1 aromatic heterocycles. The van der Waals surface area contributed by atoms with Gasteiger partial charge in [-0.2, -0.15) is 0 Å². The van der Waals surface area contributed by atoms with Crippen LogP contribution in [-0.4, -0.2) is 35.7 Å². The van der Waals surface area contributed by atoms with Gasteiger partial charge in [-0.05, 0) is 53.1 Å². The average molecular weight is 475 g/mol. The van der Waals surface area contributed by atoms with Crippen molar-refractivity contribution < 1.29 is 28.6 Å². The molecule has 1 heterocycles. The number of furan rings is 1. The lowest BCUT2D eigenvalue weighted by Crippen LogP contribution is -2.52. The fraction of sp³-hybridized carbons (Fsp3) is 0.296. The molecule has 0 bridgehead atoms. The third kappa shape index (κ3) is 4.64. The zero-order valence-electron chi connectivity index (χ0n) is 19.0. The Morgan fingerprint density at radius 2 is 1.63 bits per heavy atom. The molecule has 3 aromatic rings. The molecule has 1 fully saturated rings. The highest BCUT2D eigenvalue weighted by Gasteiger charge is 2.35. The highest BCUT2D eigenvalue weighted by atomic mass is 16.5. The third-order valence-corrected chi connectivity index (χ3v) is 6.83. The first-order valence-electron chi connectivity index (χ1n) is 11.7. The summed E-state index contributed by atoms with van der Waals surface area (Å²) in [6.45, 7) is 0.199. The molecule has 1 saturated carbocycles. The molecule has 0 spiro atoms. The van der Waals surface area contributed by atoms with Crippen molar-refractivity contribution in [1.82, 2.24) is 10.6 Å². The van der Waals surface area contributed by atoms with E-state index in [2.05, 4.69) is 34.9 Å². The number of hydrogen-bond acceptors (Lipinski definition) is 5. The molecular formula is C27H26N2O6. The fourth-order valence-electron chi connectivity index (χ4n) is 4.81. The molecule has 3 N–H and O–H groups in total. The predicted molar refractivity (Wildman–Crippen MR) is 127 cm³/mol. The van der Waals surface area contributed by atoms with Crippen LogP contribution in [-0.2, 0) is 16.1 Å². The Balaban J connectivity index is 1.21. The van der Waals surface area contributed by atoms with Crippen molar-refractivity contribution in [3.63, 3.8) is 0 Å². The smallest absolute Gasteiger partial charge is 0.407 e. The van der Waals surface area contributed by atoms with Gasteiger partial charge in [-0.25, -0.2) is 9.59 Å². The first kappa shape index (κ1) is 22.7. The Kier molecular flexibility index (Phi) is 6.27. The largest absolute Gasteiger partial charge is 0.475 e. The Morgan fingerprint density at radius 3 is 2.20 bits per heavy atom. The van der Waals surface area contributed by atoms with Gasteiger partial charge in [0, 0.05) is 5.92 Å². The van der Waals surface area contributed by atoms with Gasteiger partial charge in [0.05, 0.1) is 6.54 Å². The summed E-state index contributed by atoms with van der Waals surface area (Å²) in [6.07, 6.45) is 2.04. The van der Waals surface area contributed by atoms with Gasteiger partial charge >= 0.3 is 12.1 Å². The van der Waals surface area contributed by atoms with Crippen LogP contribution in [0.25, 0.3) is 11.1 Å². The van der Waals surface area contributed by atoms with Crippen LogP contribution in [0, 0.1) is 5.92 Å². The quantitative estimate of drug-likeness (QED) is 0.448. The number of amides is 2. The summed E-state index contributed by atoms with van der Waals surface area (Å²) < 4.78 is 10.8. The number of fused-ring (bicyclic) bond motifs is 3. The lowest BCUT2D eigenvalue weighted by molar-refractivity contribution is -0.125. The van der Waals surface area contributed by atoms with Crippen LogP contribution in [0.2, 0.25) is 0 Å². The molecule has 35 heavy (non-hydrogen) atoms. The molecule has 2 aliphatic rings. The van der Waals surface area contributed by atoms with E-state index in [1.807, 2.05) is 24.3 Å². The molecule has 180 valence electrons. The number of rotatable bonds is 8. The van der Waals surface area contributed by atoms with Gasteiger partial charge in [-0.1, -0.05) is 55.0 Å². The van der Waals surface area contributed by atoms with Crippen molar-refractivity contribution in [3.8, 4) is 11.1 Å². The number of nitrogens with one attached hydrogen (secondary N) is 2. The molecule has 2 amide bonds. The number of hydrogen-bond donors (Lipinski definition) is 3. The monoisotopic (exact) mass is 474 g/mol. The number of carboxylic acid groups (broad SMARTS) is 1. The van der Waals surface area contributed by atoms with Crippen molar-refractivity contribution in [3.05, 3.63) is 83.3 Å². The Hall–Kier alpha value is -4.07. The normalized spacial score (nSPS) is 15.4. The maximum atomic E-state index is 12.9. The molecule has 1 unspecified atom stereocenters. The minimum atomic E-state index is -1.17. The van der Waals surface area contributed by atoms with E-state index < -0.39 is 18.1 Å². The Bertz CT molecular complexity index is 1220. The van der Waals surface area contributed by atoms with Crippen LogP contribution in [0.4, 0.5) is 4.79 Å². The van der Waals surface area contributed by atoms with E-state index >= 15 is 0 Å². The third-order valence-electron chi connectivity index (χ3n) is 6.83. The highest BCUT2D eigenvalue weighted by Crippen LogP contribution is 2.44. The number of ether oxygens (including phenoxy) is 1. The van der Waals surface area contributed by atoms with Gasteiger partial charge in [-0.3, -0.25) is 4.79 Å². The van der Waals surface area contributed by atoms with Crippen molar-refractivity contribution in [2.45, 2.75) is 37.8 Å². The van der Waals surface area contributed by atoms with Crippen molar-refractivity contribution in [2.75, 3.05) is 6.61 Å². The number of carboxylic acids is 1. The van der Waals surface area contributed by atoms with Gasteiger partial charge in [0.2, 0.25) is 11.7 Å². The summed E-state index contributed by atoms with van der Waals surface area (Å²) >= 11 is 0. The maximum absolute atomic E-state index is 12.9.